The maximum Gasteiger partial charge on any atom is 0.117 e. The van der Waals surface area contributed by atoms with Crippen LogP contribution in [0, 0.1) is 6.92 Å². The lowest BCUT2D eigenvalue weighted by Gasteiger charge is -2.35. The highest BCUT2D eigenvalue weighted by Crippen LogP contribution is 2.26. The van der Waals surface area contributed by atoms with Crippen molar-refractivity contribution in [1.82, 2.24) is 10.2 Å². The van der Waals surface area contributed by atoms with Gasteiger partial charge in [-0.3, -0.25) is 0 Å². The second-order valence-corrected chi connectivity index (χ2v) is 5.45. The Morgan fingerprint density at radius 1 is 1.35 bits per heavy atom. The Balaban J connectivity index is 1.49. The van der Waals surface area contributed by atoms with Gasteiger partial charge in [-0.15, -0.1) is 0 Å². The smallest absolute Gasteiger partial charge is 0.117 e. The largest absolute Gasteiger partial charge is 0.465 e. The number of nitrogens with zero attached hydrogens (tertiary/aromatic N) is 1. The van der Waals surface area contributed by atoms with Crippen molar-refractivity contribution in [3.8, 4) is 0 Å². The molecule has 0 radical (unpaired) electrons. The Morgan fingerprint density at radius 2 is 2.29 bits per heavy atom. The van der Waals surface area contributed by atoms with Crippen molar-refractivity contribution in [2.24, 2.45) is 0 Å². The van der Waals surface area contributed by atoms with Gasteiger partial charge in [-0.25, -0.2) is 0 Å². The van der Waals surface area contributed by atoms with Crippen molar-refractivity contribution >= 4 is 0 Å². The van der Waals surface area contributed by atoms with Crippen LogP contribution in [0.2, 0.25) is 0 Å². The van der Waals surface area contributed by atoms with E-state index in [0.717, 1.165) is 24.1 Å². The van der Waals surface area contributed by atoms with E-state index in [1.807, 2.05) is 13.0 Å². The number of hydrogen-bond acceptors (Lipinski definition) is 3. The van der Waals surface area contributed by atoms with E-state index in [1.165, 1.54) is 38.8 Å². The van der Waals surface area contributed by atoms with Crippen LogP contribution in [0.15, 0.2) is 16.5 Å². The van der Waals surface area contributed by atoms with Crippen molar-refractivity contribution in [2.75, 3.05) is 13.1 Å². The van der Waals surface area contributed by atoms with Gasteiger partial charge in [0, 0.05) is 12.1 Å². The zero-order valence-corrected chi connectivity index (χ0v) is 10.6. The first-order chi connectivity index (χ1) is 8.31. The van der Waals surface area contributed by atoms with Crippen LogP contribution in [0.1, 0.15) is 37.2 Å². The third-order valence-electron chi connectivity index (χ3n) is 4.18. The van der Waals surface area contributed by atoms with E-state index in [0.29, 0.717) is 6.04 Å². The highest BCUT2D eigenvalue weighted by atomic mass is 16.3. The van der Waals surface area contributed by atoms with Gasteiger partial charge in [0.05, 0.1) is 6.54 Å². The Hall–Kier alpha value is -0.800. The third kappa shape index (κ3) is 2.55. The fourth-order valence-corrected chi connectivity index (χ4v) is 3.23. The molecule has 0 bridgehead atoms. The fraction of sp³-hybridized carbons (Fsp3) is 0.714. The molecule has 3 heterocycles. The third-order valence-corrected chi connectivity index (χ3v) is 4.18. The molecule has 17 heavy (non-hydrogen) atoms. The number of hydrogen-bond donors (Lipinski definition) is 1. The lowest BCUT2D eigenvalue weighted by molar-refractivity contribution is 0.165. The summed E-state index contributed by atoms with van der Waals surface area (Å²) in [5.41, 5.74) is 0. The maximum atomic E-state index is 5.59. The summed E-state index contributed by atoms with van der Waals surface area (Å²) in [4.78, 5) is 2.66. The number of rotatable bonds is 3. The SMILES string of the molecule is Cc1ccc(CNC2CCN3CCCC3C2)o1. The Bertz CT molecular complexity index is 374. The van der Waals surface area contributed by atoms with Gasteiger partial charge in [-0.05, 0) is 57.8 Å². The molecule has 2 aliphatic heterocycles. The molecule has 1 aromatic heterocycles. The Labute approximate surface area is 103 Å². The number of piperidine rings is 1. The van der Waals surface area contributed by atoms with Gasteiger partial charge in [-0.2, -0.15) is 0 Å². The van der Waals surface area contributed by atoms with Crippen molar-refractivity contribution in [1.29, 1.82) is 0 Å². The summed E-state index contributed by atoms with van der Waals surface area (Å²) in [6.45, 7) is 5.49. The molecular weight excluding hydrogens is 212 g/mol. The highest BCUT2D eigenvalue weighted by Gasteiger charge is 2.31. The molecule has 1 N–H and O–H groups in total. The molecule has 3 rings (SSSR count). The second kappa shape index (κ2) is 4.83. The van der Waals surface area contributed by atoms with Gasteiger partial charge in [0.1, 0.15) is 11.5 Å². The zero-order chi connectivity index (χ0) is 11.7. The molecule has 2 atom stereocenters. The van der Waals surface area contributed by atoms with E-state index in [4.69, 9.17) is 4.42 Å². The molecule has 2 unspecified atom stereocenters. The molecule has 94 valence electrons. The Morgan fingerprint density at radius 3 is 3.12 bits per heavy atom. The minimum absolute atomic E-state index is 0.680. The van der Waals surface area contributed by atoms with E-state index >= 15 is 0 Å². The molecule has 2 saturated heterocycles. The summed E-state index contributed by atoms with van der Waals surface area (Å²) in [5, 5.41) is 3.64. The van der Waals surface area contributed by atoms with Gasteiger partial charge >= 0.3 is 0 Å². The molecule has 2 fully saturated rings. The number of furan rings is 1. The average Bonchev–Trinajstić information content (AvgIpc) is 2.94. The first-order valence-corrected chi connectivity index (χ1v) is 6.84. The summed E-state index contributed by atoms with van der Waals surface area (Å²) >= 11 is 0. The Kier molecular flexibility index (Phi) is 3.21. The maximum absolute atomic E-state index is 5.59. The van der Waals surface area contributed by atoms with Crippen LogP contribution in [0.4, 0.5) is 0 Å². The molecule has 3 heteroatoms. The molecule has 0 amide bonds. The van der Waals surface area contributed by atoms with Crippen LogP contribution in [0.3, 0.4) is 0 Å². The summed E-state index contributed by atoms with van der Waals surface area (Å²) < 4.78 is 5.59. The quantitative estimate of drug-likeness (QED) is 0.870. The molecule has 0 spiro atoms. The number of aryl methyl sites for hydroxylation is 1. The highest BCUT2D eigenvalue weighted by molar-refractivity contribution is 5.05. The lowest BCUT2D eigenvalue weighted by atomic mass is 9.97. The first-order valence-electron chi connectivity index (χ1n) is 6.84. The minimum atomic E-state index is 0.680. The minimum Gasteiger partial charge on any atom is -0.465 e. The fourth-order valence-electron chi connectivity index (χ4n) is 3.23. The van der Waals surface area contributed by atoms with E-state index in [9.17, 15) is 0 Å². The lowest BCUT2D eigenvalue weighted by Crippen LogP contribution is -2.45. The van der Waals surface area contributed by atoms with Crippen LogP contribution >= 0.6 is 0 Å². The molecular formula is C14H22N2O. The summed E-state index contributed by atoms with van der Waals surface area (Å²) in [7, 11) is 0. The molecule has 0 saturated carbocycles. The van der Waals surface area contributed by atoms with Gasteiger partial charge in [0.15, 0.2) is 0 Å². The van der Waals surface area contributed by atoms with Crippen LogP contribution in [0.25, 0.3) is 0 Å². The standard InChI is InChI=1S/C14H22N2O/c1-11-4-5-14(17-11)10-15-12-6-8-16-7-2-3-13(16)9-12/h4-5,12-13,15H,2-3,6-10H2,1H3. The van der Waals surface area contributed by atoms with Gasteiger partial charge in [-0.1, -0.05) is 0 Å². The van der Waals surface area contributed by atoms with Crippen LogP contribution in [-0.2, 0) is 6.54 Å². The summed E-state index contributed by atoms with van der Waals surface area (Å²) in [5.74, 6) is 2.07. The van der Waals surface area contributed by atoms with E-state index in [1.54, 1.807) is 0 Å². The van der Waals surface area contributed by atoms with Crippen molar-refractivity contribution in [3.05, 3.63) is 23.7 Å². The molecule has 1 aromatic rings. The summed E-state index contributed by atoms with van der Waals surface area (Å²) in [6.07, 6.45) is 5.41. The van der Waals surface area contributed by atoms with Crippen molar-refractivity contribution < 1.29 is 4.42 Å². The van der Waals surface area contributed by atoms with Crippen LogP contribution in [0.5, 0.6) is 0 Å². The van der Waals surface area contributed by atoms with Crippen molar-refractivity contribution in [3.63, 3.8) is 0 Å². The monoisotopic (exact) mass is 234 g/mol. The second-order valence-electron chi connectivity index (χ2n) is 5.45. The average molecular weight is 234 g/mol. The summed E-state index contributed by atoms with van der Waals surface area (Å²) in [6, 6.07) is 5.64. The number of nitrogens with one attached hydrogen (secondary N) is 1. The van der Waals surface area contributed by atoms with Gasteiger partial charge in [0.2, 0.25) is 0 Å². The molecule has 0 aliphatic carbocycles. The topological polar surface area (TPSA) is 28.4 Å². The van der Waals surface area contributed by atoms with Crippen molar-refractivity contribution in [2.45, 2.75) is 51.2 Å². The number of fused-ring (bicyclic) bond motifs is 1. The molecule has 0 aromatic carbocycles. The van der Waals surface area contributed by atoms with E-state index in [-0.39, 0.29) is 0 Å². The van der Waals surface area contributed by atoms with Gasteiger partial charge < -0.3 is 14.6 Å². The first kappa shape index (κ1) is 11.3. The molecule has 3 nitrogen and oxygen atoms in total. The predicted octanol–water partition coefficient (Wildman–Crippen LogP) is 2.30. The molecule has 2 aliphatic rings. The van der Waals surface area contributed by atoms with Crippen LogP contribution < -0.4 is 5.32 Å². The predicted molar refractivity (Wildman–Crippen MR) is 67.9 cm³/mol. The van der Waals surface area contributed by atoms with Gasteiger partial charge in [0.25, 0.3) is 0 Å². The van der Waals surface area contributed by atoms with E-state index in [2.05, 4.69) is 16.3 Å². The van der Waals surface area contributed by atoms with Crippen LogP contribution in [-0.4, -0.2) is 30.1 Å². The van der Waals surface area contributed by atoms with E-state index < -0.39 is 0 Å². The zero-order valence-electron chi connectivity index (χ0n) is 10.6. The normalized spacial score (nSPS) is 29.5.